The number of rotatable bonds is 9. The highest BCUT2D eigenvalue weighted by Gasteiger charge is 2.28. The highest BCUT2D eigenvalue weighted by molar-refractivity contribution is 6.02. The van der Waals surface area contributed by atoms with E-state index in [0.717, 1.165) is 29.9 Å². The first-order chi connectivity index (χ1) is 17.6. The Morgan fingerprint density at radius 2 is 1.43 bits per heavy atom. The molecular formula is C32H37N3O2. The Hall–Kier alpha value is -3.88. The number of carbonyl (C=O) groups excluding carboxylic acids is 2. The molecule has 192 valence electrons. The summed E-state index contributed by atoms with van der Waals surface area (Å²) in [7, 11) is 3.80. The molecule has 2 amide bonds. The van der Waals surface area contributed by atoms with Crippen molar-refractivity contribution in [1.29, 1.82) is 0 Å². The zero-order chi connectivity index (χ0) is 27.1. The smallest absolute Gasteiger partial charge is 0.251 e. The minimum absolute atomic E-state index is 0.0814. The van der Waals surface area contributed by atoms with Gasteiger partial charge in [0, 0.05) is 37.0 Å². The number of likely N-dealkylation sites (N-methyl/N-ethyl adjacent to an activating group) is 1. The summed E-state index contributed by atoms with van der Waals surface area (Å²) in [6.45, 7) is 9.70. The summed E-state index contributed by atoms with van der Waals surface area (Å²) >= 11 is 0. The Kier molecular flexibility index (Phi) is 9.27. The fourth-order valence-electron chi connectivity index (χ4n) is 4.46. The van der Waals surface area contributed by atoms with Crippen molar-refractivity contribution in [3.05, 3.63) is 100 Å². The normalized spacial score (nSPS) is 11.8. The maximum absolute atomic E-state index is 13.2. The molecule has 3 rings (SSSR count). The fourth-order valence-corrected chi connectivity index (χ4v) is 4.46. The Bertz CT molecular complexity index is 1250. The summed E-state index contributed by atoms with van der Waals surface area (Å²) in [5.41, 5.74) is 6.94. The van der Waals surface area contributed by atoms with E-state index in [1.807, 2.05) is 50.2 Å². The summed E-state index contributed by atoms with van der Waals surface area (Å²) in [5.74, 6) is 2.05. The second kappa shape index (κ2) is 12.4. The van der Waals surface area contributed by atoms with Crippen LogP contribution in [0.4, 0.5) is 5.69 Å². The SMILES string of the molecule is C#Cc1ccc(N(C)C(=O)[C@@H](NC(=O)c2ccc(CN(C)Cc3cc(C)cc(C)c3)cc2)C(C)C)cc1. The van der Waals surface area contributed by atoms with Gasteiger partial charge < -0.3 is 10.2 Å². The van der Waals surface area contributed by atoms with Crippen molar-refractivity contribution in [2.24, 2.45) is 5.92 Å². The van der Waals surface area contributed by atoms with Gasteiger partial charge in [-0.1, -0.05) is 61.2 Å². The van der Waals surface area contributed by atoms with Gasteiger partial charge in [-0.25, -0.2) is 0 Å². The van der Waals surface area contributed by atoms with Crippen LogP contribution in [0, 0.1) is 32.1 Å². The highest BCUT2D eigenvalue weighted by atomic mass is 16.2. The molecule has 0 heterocycles. The first kappa shape index (κ1) is 27.7. The average molecular weight is 496 g/mol. The van der Waals surface area contributed by atoms with Gasteiger partial charge in [-0.2, -0.15) is 0 Å². The molecule has 5 nitrogen and oxygen atoms in total. The summed E-state index contributed by atoms with van der Waals surface area (Å²) < 4.78 is 0. The lowest BCUT2D eigenvalue weighted by molar-refractivity contribution is -0.121. The molecule has 5 heteroatoms. The van der Waals surface area contributed by atoms with Gasteiger partial charge in [-0.15, -0.1) is 6.42 Å². The van der Waals surface area contributed by atoms with Gasteiger partial charge >= 0.3 is 0 Å². The van der Waals surface area contributed by atoms with Crippen molar-refractivity contribution in [2.75, 3.05) is 19.0 Å². The molecule has 37 heavy (non-hydrogen) atoms. The lowest BCUT2D eigenvalue weighted by Gasteiger charge is -2.27. The van der Waals surface area contributed by atoms with Crippen molar-refractivity contribution < 1.29 is 9.59 Å². The molecule has 3 aromatic carbocycles. The Morgan fingerprint density at radius 3 is 1.97 bits per heavy atom. The number of terminal acetylenes is 1. The largest absolute Gasteiger partial charge is 0.340 e. The molecule has 1 N–H and O–H groups in total. The van der Waals surface area contributed by atoms with Gasteiger partial charge in [0.25, 0.3) is 5.91 Å². The van der Waals surface area contributed by atoms with E-state index in [2.05, 4.69) is 55.2 Å². The third-order valence-electron chi connectivity index (χ3n) is 6.37. The quantitative estimate of drug-likeness (QED) is 0.408. The van der Waals surface area contributed by atoms with Crippen molar-refractivity contribution in [1.82, 2.24) is 10.2 Å². The molecule has 0 radical (unpaired) electrons. The molecule has 0 bridgehead atoms. The topological polar surface area (TPSA) is 52.7 Å². The Balaban J connectivity index is 1.63. The lowest BCUT2D eigenvalue weighted by atomic mass is 10.0. The number of anilines is 1. The maximum Gasteiger partial charge on any atom is 0.251 e. The van der Waals surface area contributed by atoms with Crippen molar-refractivity contribution in [3.8, 4) is 12.3 Å². The lowest BCUT2D eigenvalue weighted by Crippen LogP contribution is -2.50. The van der Waals surface area contributed by atoms with E-state index in [1.54, 1.807) is 24.1 Å². The molecule has 0 unspecified atom stereocenters. The average Bonchev–Trinajstić information content (AvgIpc) is 2.86. The van der Waals surface area contributed by atoms with E-state index < -0.39 is 6.04 Å². The predicted molar refractivity (Wildman–Crippen MR) is 151 cm³/mol. The summed E-state index contributed by atoms with van der Waals surface area (Å²) in [6.07, 6.45) is 5.43. The van der Waals surface area contributed by atoms with Crippen LogP contribution in [0.5, 0.6) is 0 Å². The van der Waals surface area contributed by atoms with Gasteiger partial charge in [0.15, 0.2) is 0 Å². The second-order valence-corrected chi connectivity index (χ2v) is 10.1. The van der Waals surface area contributed by atoms with E-state index in [9.17, 15) is 9.59 Å². The number of carbonyl (C=O) groups is 2. The molecule has 0 aliphatic heterocycles. The molecule has 0 aliphatic carbocycles. The van der Waals surface area contributed by atoms with E-state index in [0.29, 0.717) is 5.56 Å². The Morgan fingerprint density at radius 1 is 0.865 bits per heavy atom. The van der Waals surface area contributed by atoms with E-state index >= 15 is 0 Å². The highest BCUT2D eigenvalue weighted by Crippen LogP contribution is 2.18. The number of aryl methyl sites for hydroxylation is 2. The molecule has 3 aromatic rings. The van der Waals surface area contributed by atoms with Crippen LogP contribution < -0.4 is 10.2 Å². The van der Waals surface area contributed by atoms with Crippen molar-refractivity contribution >= 4 is 17.5 Å². The third kappa shape index (κ3) is 7.55. The van der Waals surface area contributed by atoms with E-state index in [4.69, 9.17) is 6.42 Å². The zero-order valence-electron chi connectivity index (χ0n) is 22.7. The maximum atomic E-state index is 13.2. The van der Waals surface area contributed by atoms with Gasteiger partial charge in [0.1, 0.15) is 6.04 Å². The van der Waals surface area contributed by atoms with E-state index in [-0.39, 0.29) is 17.7 Å². The Labute approximate surface area is 221 Å². The number of benzene rings is 3. The summed E-state index contributed by atoms with van der Waals surface area (Å²) in [4.78, 5) is 30.1. The minimum Gasteiger partial charge on any atom is -0.340 e. The van der Waals surface area contributed by atoms with Crippen molar-refractivity contribution in [3.63, 3.8) is 0 Å². The molecular weight excluding hydrogens is 458 g/mol. The predicted octanol–water partition coefficient (Wildman–Crippen LogP) is 5.33. The number of nitrogens with zero attached hydrogens (tertiary/aromatic N) is 2. The number of hydrogen-bond donors (Lipinski definition) is 1. The fraction of sp³-hybridized carbons (Fsp3) is 0.312. The molecule has 0 saturated carbocycles. The van der Waals surface area contributed by atoms with Crippen LogP contribution in [0.3, 0.4) is 0 Å². The van der Waals surface area contributed by atoms with Gasteiger partial charge in [0.2, 0.25) is 5.91 Å². The number of amides is 2. The van der Waals surface area contributed by atoms with Crippen LogP contribution in [-0.4, -0.2) is 36.9 Å². The monoisotopic (exact) mass is 495 g/mol. The minimum atomic E-state index is -0.659. The van der Waals surface area contributed by atoms with Crippen LogP contribution in [0.1, 0.15) is 52.0 Å². The van der Waals surface area contributed by atoms with Crippen molar-refractivity contribution in [2.45, 2.75) is 46.8 Å². The molecule has 0 spiro atoms. The first-order valence-corrected chi connectivity index (χ1v) is 12.6. The van der Waals surface area contributed by atoms with Gasteiger partial charge in [-0.3, -0.25) is 14.5 Å². The third-order valence-corrected chi connectivity index (χ3v) is 6.37. The molecule has 0 aromatic heterocycles. The number of hydrogen-bond acceptors (Lipinski definition) is 3. The zero-order valence-corrected chi connectivity index (χ0v) is 22.7. The first-order valence-electron chi connectivity index (χ1n) is 12.6. The molecule has 0 saturated heterocycles. The van der Waals surface area contributed by atoms with Crippen LogP contribution in [0.2, 0.25) is 0 Å². The summed E-state index contributed by atoms with van der Waals surface area (Å²) in [5, 5.41) is 2.94. The van der Waals surface area contributed by atoms with Gasteiger partial charge in [-0.05, 0) is 74.3 Å². The van der Waals surface area contributed by atoms with Crippen LogP contribution in [0.25, 0.3) is 0 Å². The molecule has 1 atom stereocenters. The number of nitrogens with one attached hydrogen (secondary N) is 1. The van der Waals surface area contributed by atoms with Gasteiger partial charge in [0.05, 0.1) is 0 Å². The van der Waals surface area contributed by atoms with Crippen LogP contribution in [0.15, 0.2) is 66.7 Å². The molecule has 0 fully saturated rings. The second-order valence-electron chi connectivity index (χ2n) is 10.1. The summed E-state index contributed by atoms with van der Waals surface area (Å²) in [6, 6.07) is 20.7. The van der Waals surface area contributed by atoms with E-state index in [1.165, 1.54) is 16.7 Å². The van der Waals surface area contributed by atoms with Crippen LogP contribution in [-0.2, 0) is 17.9 Å². The standard InChI is InChI=1S/C32H37N3O2/c1-8-25-11-15-29(16-12-25)35(7)32(37)30(22(2)3)33-31(36)28-13-9-26(10-14-28)20-34(6)21-27-18-23(4)17-24(5)19-27/h1,9-19,22,30H,20-21H2,2-7H3,(H,33,36)/t30-/m0/s1. The molecule has 0 aliphatic rings. The van der Waals surface area contributed by atoms with Crippen LogP contribution >= 0.6 is 0 Å².